The second-order valence-electron chi connectivity index (χ2n) is 9.92. The van der Waals surface area contributed by atoms with Crippen molar-refractivity contribution in [2.75, 3.05) is 0 Å². The Balaban J connectivity index is 0.00000233. The average Bonchev–Trinajstić information content (AvgIpc) is 2.65. The van der Waals surface area contributed by atoms with E-state index in [2.05, 4.69) is 54.2 Å². The van der Waals surface area contributed by atoms with Crippen LogP contribution in [-0.4, -0.2) is 11.1 Å². The van der Waals surface area contributed by atoms with E-state index in [9.17, 15) is 9.90 Å². The molecule has 0 saturated heterocycles. The molecule has 0 saturated carbocycles. The largest absolute Gasteiger partial charge is 0.507 e. The lowest BCUT2D eigenvalue weighted by Gasteiger charge is -2.26. The van der Waals surface area contributed by atoms with Crippen LogP contribution < -0.4 is 4.74 Å². The van der Waals surface area contributed by atoms with Crippen molar-refractivity contribution in [3.05, 3.63) is 70.3 Å². The molecule has 3 heteroatoms. The Kier molecular flexibility index (Phi) is 8.69. The summed E-state index contributed by atoms with van der Waals surface area (Å²) in [5.41, 5.74) is 5.39. The van der Waals surface area contributed by atoms with Gasteiger partial charge in [-0.25, -0.2) is 4.79 Å². The molecule has 0 aliphatic heterocycles. The second kappa shape index (κ2) is 10.2. The highest BCUT2D eigenvalue weighted by Gasteiger charge is 2.25. The molecule has 0 aliphatic carbocycles. The van der Waals surface area contributed by atoms with Gasteiger partial charge >= 0.3 is 5.97 Å². The van der Waals surface area contributed by atoms with E-state index in [1.165, 1.54) is 6.08 Å². The zero-order valence-corrected chi connectivity index (χ0v) is 21.1. The van der Waals surface area contributed by atoms with Crippen LogP contribution in [0.4, 0.5) is 0 Å². The van der Waals surface area contributed by atoms with Crippen LogP contribution in [0.25, 0.3) is 0 Å². The first-order valence-corrected chi connectivity index (χ1v) is 11.0. The molecule has 2 aromatic carbocycles. The zero-order chi connectivity index (χ0) is 24.1. The third kappa shape index (κ3) is 6.72. The van der Waals surface area contributed by atoms with Crippen molar-refractivity contribution in [3.63, 3.8) is 0 Å². The Morgan fingerprint density at radius 1 is 0.903 bits per heavy atom. The van der Waals surface area contributed by atoms with Crippen LogP contribution in [-0.2, 0) is 22.0 Å². The summed E-state index contributed by atoms with van der Waals surface area (Å²) >= 11 is 0. The molecule has 0 aliphatic rings. The number of hydrogen-bond donors (Lipinski definition) is 1. The number of esters is 1. The summed E-state index contributed by atoms with van der Waals surface area (Å²) in [6, 6.07) is 8.13. The van der Waals surface area contributed by atoms with Crippen LogP contribution >= 0.6 is 0 Å². The normalized spacial score (nSPS) is 11.4. The van der Waals surface area contributed by atoms with Crippen molar-refractivity contribution in [2.45, 2.75) is 86.5 Å². The lowest BCUT2D eigenvalue weighted by Crippen LogP contribution is -2.17. The first-order valence-electron chi connectivity index (χ1n) is 11.0. The van der Waals surface area contributed by atoms with Gasteiger partial charge in [0, 0.05) is 18.1 Å². The SMILES string of the molecule is C=CC(=O)Oc1c(Cc2cc(C)cc(C(C)(C)C)c2O)cc(C)cc1C(C)(C)C.CC. The van der Waals surface area contributed by atoms with Gasteiger partial charge in [0.1, 0.15) is 11.5 Å². The van der Waals surface area contributed by atoms with Crippen LogP contribution in [0.2, 0.25) is 0 Å². The van der Waals surface area contributed by atoms with E-state index in [-0.39, 0.29) is 10.8 Å². The van der Waals surface area contributed by atoms with Crippen LogP contribution in [0.1, 0.15) is 88.8 Å². The Labute approximate surface area is 189 Å². The molecule has 0 atom stereocenters. The third-order valence-electron chi connectivity index (χ3n) is 5.01. The fraction of sp³-hybridized carbons (Fsp3) is 0.464. The zero-order valence-electron chi connectivity index (χ0n) is 21.1. The maximum Gasteiger partial charge on any atom is 0.335 e. The van der Waals surface area contributed by atoms with Crippen molar-refractivity contribution in [3.8, 4) is 11.5 Å². The van der Waals surface area contributed by atoms with Crippen LogP contribution in [0.15, 0.2) is 36.9 Å². The van der Waals surface area contributed by atoms with Gasteiger partial charge in [-0.05, 0) is 41.4 Å². The van der Waals surface area contributed by atoms with E-state index in [1.54, 1.807) is 0 Å². The summed E-state index contributed by atoms with van der Waals surface area (Å²) in [4.78, 5) is 12.1. The number of aryl methyl sites for hydroxylation is 2. The number of carbonyl (C=O) groups excluding carboxylic acids is 1. The average molecular weight is 425 g/mol. The predicted molar refractivity (Wildman–Crippen MR) is 131 cm³/mol. The molecule has 0 heterocycles. The molecular weight excluding hydrogens is 384 g/mol. The number of carbonyl (C=O) groups is 1. The highest BCUT2D eigenvalue weighted by atomic mass is 16.5. The number of phenols is 1. The standard InChI is InChI=1S/C26H34O3.C2H6/c1-10-22(27)29-24-19(12-17(3)14-21(24)26(7,8)9)15-18-11-16(2)13-20(23(18)28)25(4,5)6;1-2/h10-14,28H,1,15H2,2-9H3;1-2H3. The van der Waals surface area contributed by atoms with Gasteiger partial charge in [0.15, 0.2) is 0 Å². The Morgan fingerprint density at radius 3 is 1.81 bits per heavy atom. The highest BCUT2D eigenvalue weighted by molar-refractivity contribution is 5.84. The Bertz CT molecular complexity index is 938. The van der Waals surface area contributed by atoms with Gasteiger partial charge in [-0.15, -0.1) is 0 Å². The van der Waals surface area contributed by atoms with Gasteiger partial charge in [0.05, 0.1) is 0 Å². The third-order valence-corrected chi connectivity index (χ3v) is 5.01. The number of benzene rings is 2. The minimum absolute atomic E-state index is 0.174. The fourth-order valence-electron chi connectivity index (χ4n) is 3.56. The molecule has 170 valence electrons. The first kappa shape index (κ1) is 26.5. The molecule has 0 bridgehead atoms. The molecular formula is C28H40O3. The van der Waals surface area contributed by atoms with Crippen molar-refractivity contribution < 1.29 is 14.6 Å². The molecule has 2 aromatic rings. The van der Waals surface area contributed by atoms with Crippen molar-refractivity contribution >= 4 is 5.97 Å². The monoisotopic (exact) mass is 424 g/mol. The van der Waals surface area contributed by atoms with Crippen molar-refractivity contribution in [1.82, 2.24) is 0 Å². The molecule has 2 rings (SSSR count). The van der Waals surface area contributed by atoms with E-state index in [0.29, 0.717) is 17.9 Å². The number of hydrogen-bond acceptors (Lipinski definition) is 3. The molecule has 3 nitrogen and oxygen atoms in total. The quantitative estimate of drug-likeness (QED) is 0.318. The highest BCUT2D eigenvalue weighted by Crippen LogP contribution is 2.40. The smallest absolute Gasteiger partial charge is 0.335 e. The number of aromatic hydroxyl groups is 1. The van der Waals surface area contributed by atoms with Gasteiger partial charge in [0.25, 0.3) is 0 Å². The van der Waals surface area contributed by atoms with Gasteiger partial charge in [-0.2, -0.15) is 0 Å². The summed E-state index contributed by atoms with van der Waals surface area (Å²) in [6.45, 7) is 24.2. The topological polar surface area (TPSA) is 46.5 Å². The van der Waals surface area contributed by atoms with Gasteiger partial charge in [-0.1, -0.05) is 97.4 Å². The number of phenolic OH excluding ortho intramolecular Hbond substituents is 1. The molecule has 0 aromatic heterocycles. The maximum absolute atomic E-state index is 12.1. The summed E-state index contributed by atoms with van der Waals surface area (Å²) in [5.74, 6) is 0.388. The first-order chi connectivity index (χ1) is 14.2. The minimum atomic E-state index is -0.482. The van der Waals surface area contributed by atoms with Crippen LogP contribution in [0.3, 0.4) is 0 Å². The fourth-order valence-corrected chi connectivity index (χ4v) is 3.56. The van der Waals surface area contributed by atoms with E-state index >= 15 is 0 Å². The van der Waals surface area contributed by atoms with Gasteiger partial charge < -0.3 is 9.84 Å². The van der Waals surface area contributed by atoms with Crippen LogP contribution in [0, 0.1) is 13.8 Å². The predicted octanol–water partition coefficient (Wildman–Crippen LogP) is 7.31. The summed E-state index contributed by atoms with van der Waals surface area (Å²) in [6.07, 6.45) is 1.65. The lowest BCUT2D eigenvalue weighted by atomic mass is 9.81. The van der Waals surface area contributed by atoms with Gasteiger partial charge in [0.2, 0.25) is 0 Å². The number of rotatable bonds is 4. The maximum atomic E-state index is 12.1. The molecule has 1 N–H and O–H groups in total. The number of ether oxygens (including phenoxy) is 1. The minimum Gasteiger partial charge on any atom is -0.507 e. The summed E-state index contributed by atoms with van der Waals surface area (Å²) < 4.78 is 5.71. The lowest BCUT2D eigenvalue weighted by molar-refractivity contribution is -0.129. The van der Waals surface area contributed by atoms with Gasteiger partial charge in [-0.3, -0.25) is 0 Å². The molecule has 0 radical (unpaired) electrons. The summed E-state index contributed by atoms with van der Waals surface area (Å²) in [7, 11) is 0. The molecule has 0 fully saturated rings. The Morgan fingerprint density at radius 2 is 1.35 bits per heavy atom. The van der Waals surface area contributed by atoms with E-state index < -0.39 is 5.97 Å². The van der Waals surface area contributed by atoms with E-state index in [1.807, 2.05) is 45.9 Å². The Hall–Kier alpha value is -2.55. The van der Waals surface area contributed by atoms with Crippen molar-refractivity contribution in [2.24, 2.45) is 0 Å². The molecule has 31 heavy (non-hydrogen) atoms. The summed E-state index contributed by atoms with van der Waals surface area (Å²) in [5, 5.41) is 11.0. The molecule has 0 unspecified atom stereocenters. The van der Waals surface area contributed by atoms with Crippen molar-refractivity contribution in [1.29, 1.82) is 0 Å². The second-order valence-corrected chi connectivity index (χ2v) is 9.92. The molecule has 0 amide bonds. The molecule has 0 spiro atoms. The van der Waals surface area contributed by atoms with E-state index in [4.69, 9.17) is 4.74 Å². The van der Waals surface area contributed by atoms with E-state index in [0.717, 1.165) is 33.4 Å². The van der Waals surface area contributed by atoms with Crippen LogP contribution in [0.5, 0.6) is 11.5 Å².